The lowest BCUT2D eigenvalue weighted by Gasteiger charge is -2.26. The molecule has 0 aromatic carbocycles. The first kappa shape index (κ1) is 20.4. The van der Waals surface area contributed by atoms with Gasteiger partial charge in [-0.05, 0) is 45.7 Å². The number of hydrogen-bond acceptors (Lipinski definition) is 6. The summed E-state index contributed by atoms with van der Waals surface area (Å²) in [5.74, 6) is -0.284. The van der Waals surface area contributed by atoms with E-state index in [4.69, 9.17) is 10.5 Å². The lowest BCUT2D eigenvalue weighted by atomic mass is 9.82. The molecule has 1 saturated heterocycles. The molecule has 0 bridgehead atoms. The largest absolute Gasteiger partial charge is 0.444 e. The fourth-order valence-corrected chi connectivity index (χ4v) is 4.16. The van der Waals surface area contributed by atoms with E-state index in [1.165, 1.54) is 12.3 Å². The average molecular weight is 421 g/mol. The van der Waals surface area contributed by atoms with Crippen molar-refractivity contribution in [2.24, 2.45) is 0 Å². The van der Waals surface area contributed by atoms with Crippen LogP contribution in [0.15, 0.2) is 18.3 Å². The number of aryl methyl sites for hydroxylation is 1. The van der Waals surface area contributed by atoms with Gasteiger partial charge in [-0.1, -0.05) is 0 Å². The number of pyridine rings is 1. The van der Waals surface area contributed by atoms with Crippen molar-refractivity contribution in [2.45, 2.75) is 57.8 Å². The number of nitrogens with zero attached hydrogens (tertiary/aromatic N) is 4. The Bertz CT molecular complexity index is 972. The van der Waals surface area contributed by atoms with Gasteiger partial charge in [-0.15, -0.1) is 0 Å². The molecule has 1 spiro atoms. The van der Waals surface area contributed by atoms with Crippen LogP contribution in [-0.4, -0.2) is 51.1 Å². The third-order valence-electron chi connectivity index (χ3n) is 5.52. The molecule has 0 aliphatic carbocycles. The molecule has 0 radical (unpaired) electrons. The number of fused-ring (bicyclic) bond motifs is 2. The predicted octanol–water partition coefficient (Wildman–Crippen LogP) is 3.41. The van der Waals surface area contributed by atoms with Gasteiger partial charge in [0.2, 0.25) is 0 Å². The van der Waals surface area contributed by atoms with E-state index in [0.29, 0.717) is 24.3 Å². The van der Waals surface area contributed by atoms with Crippen LogP contribution in [0.3, 0.4) is 0 Å². The number of nitrogen functional groups attached to an aromatic ring is 1. The van der Waals surface area contributed by atoms with E-state index in [-0.39, 0.29) is 23.1 Å². The summed E-state index contributed by atoms with van der Waals surface area (Å²) in [6.45, 7) is 4.45. The van der Waals surface area contributed by atoms with Crippen LogP contribution in [-0.2, 0) is 16.7 Å². The summed E-state index contributed by atoms with van der Waals surface area (Å²) in [6.07, 6.45) is 2.88. The molecule has 30 heavy (non-hydrogen) atoms. The molecule has 2 aromatic rings. The molecule has 2 aliphatic heterocycles. The zero-order valence-corrected chi connectivity index (χ0v) is 17.2. The lowest BCUT2D eigenvalue weighted by molar-refractivity contribution is -0.0494. The normalized spacial score (nSPS) is 20.8. The lowest BCUT2D eigenvalue weighted by Crippen LogP contribution is -2.37. The van der Waals surface area contributed by atoms with Crippen molar-refractivity contribution in [3.63, 3.8) is 0 Å². The van der Waals surface area contributed by atoms with Crippen LogP contribution in [0.25, 0.3) is 11.3 Å². The van der Waals surface area contributed by atoms with Crippen LogP contribution in [0.2, 0.25) is 0 Å². The van der Waals surface area contributed by atoms with Crippen molar-refractivity contribution in [3.8, 4) is 17.0 Å². The molecule has 0 saturated carbocycles. The molecule has 8 nitrogen and oxygen atoms in total. The third kappa shape index (κ3) is 3.78. The highest BCUT2D eigenvalue weighted by Gasteiger charge is 2.47. The molecule has 10 heteroatoms. The Kier molecular flexibility index (Phi) is 4.82. The molecule has 4 rings (SSSR count). The van der Waals surface area contributed by atoms with E-state index in [9.17, 15) is 13.6 Å². The van der Waals surface area contributed by atoms with Crippen molar-refractivity contribution in [3.05, 3.63) is 24.0 Å². The van der Waals surface area contributed by atoms with Gasteiger partial charge < -0.3 is 20.1 Å². The average Bonchev–Trinajstić information content (AvgIpc) is 3.32. The fraction of sp³-hybridized carbons (Fsp3) is 0.550. The summed E-state index contributed by atoms with van der Waals surface area (Å²) in [6, 6.07) is 3.35. The Labute approximate surface area is 173 Å². The van der Waals surface area contributed by atoms with Gasteiger partial charge in [-0.2, -0.15) is 13.9 Å². The molecule has 2 aliphatic rings. The van der Waals surface area contributed by atoms with Gasteiger partial charge in [-0.25, -0.2) is 9.78 Å². The smallest absolute Gasteiger partial charge is 0.410 e. The van der Waals surface area contributed by atoms with Crippen LogP contribution in [0.5, 0.6) is 5.75 Å². The van der Waals surface area contributed by atoms with E-state index in [1.54, 1.807) is 4.90 Å². The molecule has 162 valence electrons. The molecular weight excluding hydrogens is 396 g/mol. The van der Waals surface area contributed by atoms with E-state index in [1.807, 2.05) is 31.5 Å². The number of ether oxygens (including phenoxy) is 2. The molecule has 2 aromatic heterocycles. The van der Waals surface area contributed by atoms with Gasteiger partial charge in [0.25, 0.3) is 0 Å². The topological polar surface area (TPSA) is 95.5 Å². The second-order valence-corrected chi connectivity index (χ2v) is 8.81. The predicted molar refractivity (Wildman–Crippen MR) is 105 cm³/mol. The Balaban J connectivity index is 1.57. The Hall–Kier alpha value is -2.91. The van der Waals surface area contributed by atoms with Crippen LogP contribution >= 0.6 is 0 Å². The number of aromatic nitrogens is 3. The Morgan fingerprint density at radius 1 is 1.27 bits per heavy atom. The van der Waals surface area contributed by atoms with E-state index < -0.39 is 12.2 Å². The first-order chi connectivity index (χ1) is 14.1. The quantitative estimate of drug-likeness (QED) is 0.816. The summed E-state index contributed by atoms with van der Waals surface area (Å²) in [5.41, 5.74) is 7.06. The van der Waals surface area contributed by atoms with E-state index in [2.05, 4.69) is 14.8 Å². The van der Waals surface area contributed by atoms with Gasteiger partial charge in [0.1, 0.15) is 5.60 Å². The highest BCUT2D eigenvalue weighted by atomic mass is 19.3. The Morgan fingerprint density at radius 3 is 2.70 bits per heavy atom. The second kappa shape index (κ2) is 7.10. The van der Waals surface area contributed by atoms with Crippen LogP contribution in [0.4, 0.5) is 19.4 Å². The summed E-state index contributed by atoms with van der Waals surface area (Å²) in [4.78, 5) is 18.2. The van der Waals surface area contributed by atoms with Crippen LogP contribution in [0, 0.1) is 0 Å². The number of halogens is 2. The maximum Gasteiger partial charge on any atom is 0.410 e. The molecule has 1 fully saturated rings. The van der Waals surface area contributed by atoms with Crippen molar-refractivity contribution in [1.82, 2.24) is 19.7 Å². The van der Waals surface area contributed by atoms with E-state index >= 15 is 0 Å². The monoisotopic (exact) mass is 421 g/mol. The van der Waals surface area contributed by atoms with Gasteiger partial charge in [0.15, 0.2) is 11.6 Å². The number of nitrogens with two attached hydrogens (primary N) is 1. The highest BCUT2D eigenvalue weighted by Crippen LogP contribution is 2.44. The van der Waals surface area contributed by atoms with Crippen molar-refractivity contribution in [1.29, 1.82) is 0 Å². The van der Waals surface area contributed by atoms with Gasteiger partial charge in [0, 0.05) is 42.5 Å². The third-order valence-corrected chi connectivity index (χ3v) is 5.52. The molecule has 0 unspecified atom stereocenters. The van der Waals surface area contributed by atoms with Crippen LogP contribution in [0.1, 0.15) is 39.3 Å². The van der Waals surface area contributed by atoms with Crippen molar-refractivity contribution < 1.29 is 23.0 Å². The minimum Gasteiger partial charge on any atom is -0.444 e. The number of alkyl halides is 2. The first-order valence-electron chi connectivity index (χ1n) is 9.83. The number of carbonyl (C=O) groups excluding carboxylic acids is 1. The number of rotatable bonds is 3. The summed E-state index contributed by atoms with van der Waals surface area (Å²) in [7, 11) is 0. The van der Waals surface area contributed by atoms with Gasteiger partial charge in [0.05, 0.1) is 5.69 Å². The number of carbonyl (C=O) groups is 1. The van der Waals surface area contributed by atoms with Crippen LogP contribution < -0.4 is 10.5 Å². The zero-order chi connectivity index (χ0) is 21.7. The number of likely N-dealkylation sites (tertiary alicyclic amines) is 1. The maximum absolute atomic E-state index is 12.6. The number of amides is 1. The van der Waals surface area contributed by atoms with Crippen molar-refractivity contribution >= 4 is 11.9 Å². The summed E-state index contributed by atoms with van der Waals surface area (Å²) < 4.78 is 37.1. The highest BCUT2D eigenvalue weighted by molar-refractivity contribution is 5.69. The second-order valence-electron chi connectivity index (χ2n) is 8.81. The summed E-state index contributed by atoms with van der Waals surface area (Å²) >= 11 is 0. The van der Waals surface area contributed by atoms with Gasteiger partial charge in [-0.3, -0.25) is 4.68 Å². The maximum atomic E-state index is 12.6. The first-order valence-corrected chi connectivity index (χ1v) is 9.83. The zero-order valence-electron chi connectivity index (χ0n) is 17.2. The molecule has 1 atom stereocenters. The molecule has 4 heterocycles. The molecular formula is C20H25F2N5O3. The Morgan fingerprint density at radius 2 is 2.00 bits per heavy atom. The summed E-state index contributed by atoms with van der Waals surface area (Å²) in [5, 5.41) is 4.62. The van der Waals surface area contributed by atoms with Gasteiger partial charge >= 0.3 is 12.7 Å². The SMILES string of the molecule is CC(C)(C)OC(=O)N1CC[C@@]2(CCn3nc(-c4cnc(N)c(OC(F)F)c4)cc32)C1. The van der Waals surface area contributed by atoms with E-state index in [0.717, 1.165) is 25.1 Å². The standard InChI is InChI=1S/C20H25F2N5O3/c1-19(2,3)30-18(28)26-6-4-20(11-26)5-7-27-15(20)9-13(25-27)12-8-14(29-17(21)22)16(23)24-10-12/h8-10,17H,4-7,11H2,1-3H3,(H2,23,24)/t20-/m1/s1. The number of anilines is 1. The minimum atomic E-state index is -2.99. The fourth-order valence-electron chi connectivity index (χ4n) is 4.16. The number of hydrogen-bond donors (Lipinski definition) is 1. The minimum absolute atomic E-state index is 0.105. The molecule has 1 amide bonds. The molecule has 2 N–H and O–H groups in total. The van der Waals surface area contributed by atoms with Crippen molar-refractivity contribution in [2.75, 3.05) is 18.8 Å².